The van der Waals surface area contributed by atoms with E-state index >= 15 is 0 Å². The summed E-state index contributed by atoms with van der Waals surface area (Å²) in [5, 5.41) is 2.49. The molecule has 0 fully saturated rings. The summed E-state index contributed by atoms with van der Waals surface area (Å²) in [6.45, 7) is 8.63. The molecule has 0 saturated carbocycles. The summed E-state index contributed by atoms with van der Waals surface area (Å²) in [5.74, 6) is 0.983. The highest BCUT2D eigenvalue weighted by Crippen LogP contribution is 2.25. The maximum absolute atomic E-state index is 5.97. The second-order valence-electron chi connectivity index (χ2n) is 5.24. The Hall–Kier alpha value is -1.58. The molecule has 114 valence electrons. The van der Waals surface area contributed by atoms with Crippen LogP contribution in [0.4, 0.5) is 0 Å². The molecule has 0 bridgehead atoms. The Morgan fingerprint density at radius 3 is 2.33 bits per heavy atom. The van der Waals surface area contributed by atoms with Crippen molar-refractivity contribution in [1.82, 2.24) is 4.90 Å². The van der Waals surface area contributed by atoms with Gasteiger partial charge in [-0.1, -0.05) is 31.2 Å². The molecule has 0 spiro atoms. The number of methoxy groups -OCH3 is 1. The lowest BCUT2D eigenvalue weighted by Crippen LogP contribution is -2.31. The molecule has 0 saturated heterocycles. The predicted molar refractivity (Wildman–Crippen MR) is 88.2 cm³/mol. The summed E-state index contributed by atoms with van der Waals surface area (Å²) in [5.41, 5.74) is 1.19. The fourth-order valence-corrected chi connectivity index (χ4v) is 2.42. The third kappa shape index (κ3) is 4.45. The molecule has 0 N–H and O–H groups in total. The van der Waals surface area contributed by atoms with Crippen LogP contribution in [0, 0.1) is 6.92 Å². The quantitative estimate of drug-likeness (QED) is 0.742. The van der Waals surface area contributed by atoms with Crippen LogP contribution in [-0.4, -0.2) is 44.9 Å². The summed E-state index contributed by atoms with van der Waals surface area (Å²) in [4.78, 5) is 2.33. The molecule has 3 nitrogen and oxygen atoms in total. The Kier molecular flexibility index (Phi) is 6.03. The van der Waals surface area contributed by atoms with Gasteiger partial charge in [0.15, 0.2) is 0 Å². The zero-order chi connectivity index (χ0) is 15.1. The monoisotopic (exact) mass is 287 g/mol. The molecular weight excluding hydrogens is 262 g/mol. The van der Waals surface area contributed by atoms with Crippen molar-refractivity contribution >= 4 is 10.8 Å². The first kappa shape index (κ1) is 15.8. The van der Waals surface area contributed by atoms with E-state index in [9.17, 15) is 0 Å². The molecule has 2 aromatic rings. The zero-order valence-electron chi connectivity index (χ0n) is 13.3. The standard InChI is InChI=1S/C18H25NO2/c1-4-19(9-11-20-3)10-12-21-18-14-17-8-6-5-7-16(17)13-15(18)2/h5-8,13-14H,4,9-12H2,1-3H3. The highest BCUT2D eigenvalue weighted by atomic mass is 16.5. The lowest BCUT2D eigenvalue weighted by atomic mass is 10.1. The van der Waals surface area contributed by atoms with E-state index in [1.165, 1.54) is 16.3 Å². The van der Waals surface area contributed by atoms with Crippen molar-refractivity contribution in [2.24, 2.45) is 0 Å². The molecular formula is C18H25NO2. The average molecular weight is 287 g/mol. The Labute approximate surface area is 127 Å². The molecule has 2 aromatic carbocycles. The first-order valence-corrected chi connectivity index (χ1v) is 7.58. The van der Waals surface area contributed by atoms with Gasteiger partial charge in [0.25, 0.3) is 0 Å². The van der Waals surface area contributed by atoms with Crippen molar-refractivity contribution in [3.63, 3.8) is 0 Å². The van der Waals surface area contributed by atoms with Gasteiger partial charge in [0.1, 0.15) is 12.4 Å². The fraction of sp³-hybridized carbons (Fsp3) is 0.444. The summed E-state index contributed by atoms with van der Waals surface area (Å²) < 4.78 is 11.1. The third-order valence-corrected chi connectivity index (χ3v) is 3.77. The highest BCUT2D eigenvalue weighted by Gasteiger charge is 2.05. The Balaban J connectivity index is 1.95. The van der Waals surface area contributed by atoms with Gasteiger partial charge in [-0.2, -0.15) is 0 Å². The summed E-state index contributed by atoms with van der Waals surface area (Å²) in [6.07, 6.45) is 0. The molecule has 0 aliphatic rings. The van der Waals surface area contributed by atoms with Crippen LogP contribution < -0.4 is 4.74 Å². The number of fused-ring (bicyclic) bond motifs is 1. The van der Waals surface area contributed by atoms with Gasteiger partial charge in [0, 0.05) is 20.2 Å². The maximum Gasteiger partial charge on any atom is 0.122 e. The van der Waals surface area contributed by atoms with Gasteiger partial charge in [-0.25, -0.2) is 0 Å². The smallest absolute Gasteiger partial charge is 0.122 e. The van der Waals surface area contributed by atoms with E-state index in [-0.39, 0.29) is 0 Å². The van der Waals surface area contributed by atoms with Gasteiger partial charge in [-0.3, -0.25) is 4.90 Å². The number of hydrogen-bond acceptors (Lipinski definition) is 3. The summed E-state index contributed by atoms with van der Waals surface area (Å²) >= 11 is 0. The zero-order valence-corrected chi connectivity index (χ0v) is 13.3. The topological polar surface area (TPSA) is 21.7 Å². The normalized spacial score (nSPS) is 11.2. The van der Waals surface area contributed by atoms with E-state index in [0.29, 0.717) is 6.61 Å². The minimum atomic E-state index is 0.705. The van der Waals surface area contributed by atoms with Crippen LogP contribution >= 0.6 is 0 Å². The Morgan fingerprint density at radius 1 is 1.00 bits per heavy atom. The molecule has 0 heterocycles. The number of nitrogens with zero attached hydrogens (tertiary/aromatic N) is 1. The average Bonchev–Trinajstić information content (AvgIpc) is 2.51. The number of aryl methyl sites for hydroxylation is 1. The van der Waals surface area contributed by atoms with Gasteiger partial charge in [-0.15, -0.1) is 0 Å². The summed E-state index contributed by atoms with van der Waals surface area (Å²) in [6, 6.07) is 12.7. The second-order valence-corrected chi connectivity index (χ2v) is 5.24. The van der Waals surface area contributed by atoms with Gasteiger partial charge in [-0.05, 0) is 41.9 Å². The first-order chi connectivity index (χ1) is 10.2. The van der Waals surface area contributed by atoms with Gasteiger partial charge in [0.2, 0.25) is 0 Å². The predicted octanol–water partition coefficient (Wildman–Crippen LogP) is 3.50. The highest BCUT2D eigenvalue weighted by molar-refractivity contribution is 5.84. The molecule has 21 heavy (non-hydrogen) atoms. The minimum Gasteiger partial charge on any atom is -0.492 e. The largest absolute Gasteiger partial charge is 0.492 e. The van der Waals surface area contributed by atoms with Crippen molar-refractivity contribution in [2.75, 3.05) is 40.0 Å². The van der Waals surface area contributed by atoms with Crippen molar-refractivity contribution in [3.05, 3.63) is 42.0 Å². The molecule has 3 heteroatoms. The molecule has 2 rings (SSSR count). The van der Waals surface area contributed by atoms with Crippen molar-refractivity contribution in [1.29, 1.82) is 0 Å². The third-order valence-electron chi connectivity index (χ3n) is 3.77. The number of ether oxygens (including phenoxy) is 2. The Morgan fingerprint density at radius 2 is 1.67 bits per heavy atom. The van der Waals surface area contributed by atoms with Gasteiger partial charge >= 0.3 is 0 Å². The minimum absolute atomic E-state index is 0.705. The van der Waals surface area contributed by atoms with Crippen LogP contribution in [0.2, 0.25) is 0 Å². The van der Waals surface area contributed by atoms with E-state index in [1.807, 2.05) is 0 Å². The molecule has 0 aliphatic carbocycles. The lowest BCUT2D eigenvalue weighted by Gasteiger charge is -2.20. The molecule has 0 radical (unpaired) electrons. The van der Waals surface area contributed by atoms with E-state index in [0.717, 1.165) is 32.0 Å². The fourth-order valence-electron chi connectivity index (χ4n) is 2.42. The Bertz CT molecular complexity index is 568. The SMILES string of the molecule is CCN(CCOC)CCOc1cc2ccccc2cc1C. The maximum atomic E-state index is 5.97. The summed E-state index contributed by atoms with van der Waals surface area (Å²) in [7, 11) is 1.74. The number of rotatable bonds is 8. The van der Waals surface area contributed by atoms with Crippen LogP contribution in [0.25, 0.3) is 10.8 Å². The number of likely N-dealkylation sites (N-methyl/N-ethyl adjacent to an activating group) is 1. The van der Waals surface area contributed by atoms with Gasteiger partial charge < -0.3 is 9.47 Å². The van der Waals surface area contributed by atoms with Crippen LogP contribution in [0.5, 0.6) is 5.75 Å². The first-order valence-electron chi connectivity index (χ1n) is 7.58. The van der Waals surface area contributed by atoms with E-state index in [4.69, 9.17) is 9.47 Å². The van der Waals surface area contributed by atoms with E-state index < -0.39 is 0 Å². The van der Waals surface area contributed by atoms with E-state index in [1.54, 1.807) is 7.11 Å². The van der Waals surface area contributed by atoms with Crippen LogP contribution in [-0.2, 0) is 4.74 Å². The van der Waals surface area contributed by atoms with Gasteiger partial charge in [0.05, 0.1) is 6.61 Å². The van der Waals surface area contributed by atoms with E-state index in [2.05, 4.69) is 55.1 Å². The number of benzene rings is 2. The number of hydrogen-bond donors (Lipinski definition) is 0. The van der Waals surface area contributed by atoms with Crippen LogP contribution in [0.3, 0.4) is 0 Å². The lowest BCUT2D eigenvalue weighted by molar-refractivity contribution is 0.138. The molecule has 0 aromatic heterocycles. The molecule has 0 amide bonds. The molecule has 0 atom stereocenters. The molecule has 0 aliphatic heterocycles. The van der Waals surface area contributed by atoms with Crippen LogP contribution in [0.15, 0.2) is 36.4 Å². The van der Waals surface area contributed by atoms with Crippen molar-refractivity contribution in [3.8, 4) is 5.75 Å². The second kappa shape index (κ2) is 8.01. The van der Waals surface area contributed by atoms with Crippen molar-refractivity contribution in [2.45, 2.75) is 13.8 Å². The van der Waals surface area contributed by atoms with Crippen molar-refractivity contribution < 1.29 is 9.47 Å². The molecule has 0 unspecified atom stereocenters. The van der Waals surface area contributed by atoms with Crippen LogP contribution in [0.1, 0.15) is 12.5 Å².